The van der Waals surface area contributed by atoms with Gasteiger partial charge in [-0.15, -0.1) is 10.2 Å². The number of carbonyl (C=O) groups excluding carboxylic acids is 2. The van der Waals surface area contributed by atoms with Crippen LogP contribution in [0.1, 0.15) is 24.2 Å². The van der Waals surface area contributed by atoms with Gasteiger partial charge in [0.1, 0.15) is 6.33 Å². The van der Waals surface area contributed by atoms with Crippen LogP contribution in [0.25, 0.3) is 0 Å². The lowest BCUT2D eigenvalue weighted by Gasteiger charge is -2.09. The molecule has 0 N–H and O–H groups in total. The highest BCUT2D eigenvalue weighted by Gasteiger charge is 2.21. The molecule has 0 aliphatic heterocycles. The van der Waals surface area contributed by atoms with Gasteiger partial charge in [-0.2, -0.15) is 0 Å². The van der Waals surface area contributed by atoms with Gasteiger partial charge >= 0.3 is 11.9 Å². The molecule has 0 spiro atoms. The second kappa shape index (κ2) is 8.43. The van der Waals surface area contributed by atoms with Crippen LogP contribution in [-0.4, -0.2) is 44.3 Å². The highest BCUT2D eigenvalue weighted by atomic mass is 32.2. The molecule has 1 heterocycles. The van der Waals surface area contributed by atoms with E-state index in [2.05, 4.69) is 10.2 Å². The molecule has 26 heavy (non-hydrogen) atoms. The lowest BCUT2D eigenvalue weighted by atomic mass is 10.2. The van der Waals surface area contributed by atoms with Crippen LogP contribution in [0.3, 0.4) is 0 Å². The average Bonchev–Trinajstić information content (AvgIpc) is 2.97. The third-order valence-electron chi connectivity index (χ3n) is 2.95. The van der Waals surface area contributed by atoms with Gasteiger partial charge in [0.15, 0.2) is 11.8 Å². The maximum absolute atomic E-state index is 12.0. The molecule has 0 radical (unpaired) electrons. The summed E-state index contributed by atoms with van der Waals surface area (Å²) in [6.07, 6.45) is 1.13. The fraction of sp³-hybridized carbons (Fsp3) is 0.333. The molecule has 2 rings (SSSR count). The summed E-state index contributed by atoms with van der Waals surface area (Å²) in [5, 5.41) is 19.3. The van der Waals surface area contributed by atoms with E-state index in [1.807, 2.05) is 0 Å². The van der Waals surface area contributed by atoms with E-state index >= 15 is 0 Å². The molecule has 2 aromatic rings. The minimum absolute atomic E-state index is 0.0450. The SMILES string of the molecule is CC(C)OC(=O)COC(=O)c1ccc(Sc2nncn2C)c([N+](=O)[O-])c1. The van der Waals surface area contributed by atoms with E-state index in [0.29, 0.717) is 10.1 Å². The minimum Gasteiger partial charge on any atom is -0.460 e. The first-order valence-electron chi connectivity index (χ1n) is 7.44. The Kier molecular flexibility index (Phi) is 6.28. The molecular weight excluding hydrogens is 364 g/mol. The normalized spacial score (nSPS) is 10.6. The summed E-state index contributed by atoms with van der Waals surface area (Å²) in [6, 6.07) is 3.89. The van der Waals surface area contributed by atoms with Crippen molar-refractivity contribution in [3.05, 3.63) is 40.2 Å². The number of carbonyl (C=O) groups is 2. The number of nitrogens with zero attached hydrogens (tertiary/aromatic N) is 4. The van der Waals surface area contributed by atoms with Gasteiger partial charge in [-0.1, -0.05) is 0 Å². The van der Waals surface area contributed by atoms with Crippen LogP contribution in [-0.2, 0) is 21.3 Å². The molecule has 10 nitrogen and oxygen atoms in total. The van der Waals surface area contributed by atoms with Crippen LogP contribution < -0.4 is 0 Å². The van der Waals surface area contributed by atoms with Gasteiger partial charge in [0.05, 0.1) is 21.5 Å². The highest BCUT2D eigenvalue weighted by Crippen LogP contribution is 2.34. The van der Waals surface area contributed by atoms with Crippen LogP contribution in [0, 0.1) is 10.1 Å². The van der Waals surface area contributed by atoms with Crippen molar-refractivity contribution in [1.82, 2.24) is 14.8 Å². The third kappa shape index (κ3) is 5.02. The number of rotatable bonds is 7. The summed E-state index contributed by atoms with van der Waals surface area (Å²) in [6.45, 7) is 2.76. The van der Waals surface area contributed by atoms with Crippen molar-refractivity contribution < 1.29 is 24.0 Å². The van der Waals surface area contributed by atoms with Crippen LogP contribution in [0.4, 0.5) is 5.69 Å². The molecule has 0 bridgehead atoms. The zero-order chi connectivity index (χ0) is 19.3. The van der Waals surface area contributed by atoms with Crippen LogP contribution in [0.5, 0.6) is 0 Å². The molecule has 0 fully saturated rings. The van der Waals surface area contributed by atoms with Crippen molar-refractivity contribution in [2.24, 2.45) is 7.05 Å². The minimum atomic E-state index is -0.857. The second-order valence-electron chi connectivity index (χ2n) is 5.38. The monoisotopic (exact) mass is 380 g/mol. The number of nitro benzene ring substituents is 1. The van der Waals surface area contributed by atoms with Crippen molar-refractivity contribution >= 4 is 29.4 Å². The molecule has 0 atom stereocenters. The van der Waals surface area contributed by atoms with Gasteiger partial charge in [0, 0.05) is 13.1 Å². The Balaban J connectivity index is 2.14. The molecule has 0 amide bonds. The molecule has 0 unspecified atom stereocenters. The fourth-order valence-corrected chi connectivity index (χ4v) is 2.69. The van der Waals surface area contributed by atoms with Crippen molar-refractivity contribution in [1.29, 1.82) is 0 Å². The van der Waals surface area contributed by atoms with E-state index in [4.69, 9.17) is 9.47 Å². The van der Waals surface area contributed by atoms with E-state index in [1.165, 1.54) is 18.5 Å². The van der Waals surface area contributed by atoms with Crippen molar-refractivity contribution in [3.63, 3.8) is 0 Å². The quantitative estimate of drug-likeness (QED) is 0.402. The maximum Gasteiger partial charge on any atom is 0.344 e. The Bertz CT molecular complexity index is 835. The Hall–Kier alpha value is -2.95. The standard InChI is InChI=1S/C15H16N4O6S/c1-9(2)25-13(20)7-24-14(21)10-4-5-12(11(6-10)19(22)23)26-15-17-16-8-18(15)3/h4-6,8-9H,7H2,1-3H3. The van der Waals surface area contributed by atoms with Crippen molar-refractivity contribution in [2.75, 3.05) is 6.61 Å². The topological polar surface area (TPSA) is 126 Å². The molecule has 138 valence electrons. The fourth-order valence-electron chi connectivity index (χ4n) is 1.84. The number of benzene rings is 1. The molecule has 0 aliphatic carbocycles. The van der Waals surface area contributed by atoms with Crippen molar-refractivity contribution in [3.8, 4) is 0 Å². The molecule has 0 saturated carbocycles. The van der Waals surface area contributed by atoms with E-state index < -0.39 is 23.5 Å². The van der Waals surface area contributed by atoms with E-state index in [0.717, 1.165) is 17.8 Å². The number of nitro groups is 1. The zero-order valence-corrected chi connectivity index (χ0v) is 15.1. The molecule has 1 aromatic carbocycles. The Morgan fingerprint density at radius 3 is 2.69 bits per heavy atom. The largest absolute Gasteiger partial charge is 0.460 e. The van der Waals surface area contributed by atoms with E-state index in [9.17, 15) is 19.7 Å². The van der Waals surface area contributed by atoms with Crippen LogP contribution in [0.15, 0.2) is 34.6 Å². The van der Waals surface area contributed by atoms with Gasteiger partial charge in [-0.05, 0) is 37.7 Å². The zero-order valence-electron chi connectivity index (χ0n) is 14.2. The molecule has 0 saturated heterocycles. The average molecular weight is 380 g/mol. The van der Waals surface area contributed by atoms with Gasteiger partial charge in [-0.25, -0.2) is 9.59 Å². The summed E-state index contributed by atoms with van der Waals surface area (Å²) in [5.74, 6) is -1.55. The molecular formula is C15H16N4O6S. The van der Waals surface area contributed by atoms with Gasteiger partial charge in [0.2, 0.25) is 0 Å². The third-order valence-corrected chi connectivity index (χ3v) is 4.07. The summed E-state index contributed by atoms with van der Waals surface area (Å²) in [7, 11) is 1.70. The lowest BCUT2D eigenvalue weighted by Crippen LogP contribution is -2.19. The first kappa shape index (κ1) is 19.4. The van der Waals surface area contributed by atoms with E-state index in [-0.39, 0.29) is 17.4 Å². The number of hydrogen-bond donors (Lipinski definition) is 0. The Morgan fingerprint density at radius 2 is 2.12 bits per heavy atom. The predicted octanol–water partition coefficient (Wildman–Crippen LogP) is 1.98. The molecule has 1 aromatic heterocycles. The van der Waals surface area contributed by atoms with Crippen molar-refractivity contribution in [2.45, 2.75) is 30.0 Å². The lowest BCUT2D eigenvalue weighted by molar-refractivity contribution is -0.387. The summed E-state index contributed by atoms with van der Waals surface area (Å²) < 4.78 is 11.3. The molecule has 11 heteroatoms. The predicted molar refractivity (Wildman–Crippen MR) is 89.7 cm³/mol. The van der Waals surface area contributed by atoms with Crippen LogP contribution in [0.2, 0.25) is 0 Å². The summed E-state index contributed by atoms with van der Waals surface area (Å²) >= 11 is 1.04. The first-order chi connectivity index (χ1) is 12.3. The Labute approximate surface area is 152 Å². The summed E-state index contributed by atoms with van der Waals surface area (Å²) in [4.78, 5) is 34.4. The van der Waals surface area contributed by atoms with Gasteiger partial charge < -0.3 is 14.0 Å². The Morgan fingerprint density at radius 1 is 1.38 bits per heavy atom. The van der Waals surface area contributed by atoms with Gasteiger partial charge in [0.25, 0.3) is 5.69 Å². The highest BCUT2D eigenvalue weighted by molar-refractivity contribution is 7.99. The smallest absolute Gasteiger partial charge is 0.344 e. The number of aromatic nitrogens is 3. The summed E-state index contributed by atoms with van der Waals surface area (Å²) in [5.41, 5.74) is -0.325. The van der Waals surface area contributed by atoms with Gasteiger partial charge in [-0.3, -0.25) is 10.1 Å². The number of hydrogen-bond acceptors (Lipinski definition) is 9. The van der Waals surface area contributed by atoms with Crippen LogP contribution >= 0.6 is 11.8 Å². The maximum atomic E-state index is 12.0. The first-order valence-corrected chi connectivity index (χ1v) is 8.26. The second-order valence-corrected chi connectivity index (χ2v) is 6.39. The number of aryl methyl sites for hydroxylation is 1. The van der Waals surface area contributed by atoms with E-state index in [1.54, 1.807) is 25.5 Å². The number of ether oxygens (including phenoxy) is 2. The number of esters is 2. The molecule has 0 aliphatic rings.